The number of hydrogen-bond acceptors (Lipinski definition) is 0. The van der Waals surface area contributed by atoms with Crippen molar-refractivity contribution < 1.29 is 0 Å². The molecule has 0 aromatic heterocycles. The summed E-state index contributed by atoms with van der Waals surface area (Å²) < 4.78 is 0.806. The summed E-state index contributed by atoms with van der Waals surface area (Å²) in [4.78, 5) is 7.70. The van der Waals surface area contributed by atoms with E-state index in [-0.39, 0.29) is 7.92 Å². The molecule has 1 aromatic rings. The Balaban J connectivity index is 2.65. The zero-order valence-electron chi connectivity index (χ0n) is 11.8. The van der Waals surface area contributed by atoms with Crippen LogP contribution in [0.4, 0.5) is 0 Å². The van der Waals surface area contributed by atoms with Crippen LogP contribution in [0.25, 0.3) is 5.31 Å². The van der Waals surface area contributed by atoms with Crippen molar-refractivity contribution in [2.45, 2.75) is 25.7 Å². The maximum atomic E-state index is 2.57. The number of rotatable bonds is 2. The van der Waals surface area contributed by atoms with Gasteiger partial charge in [-0.1, -0.05) is 0 Å². The average Bonchev–Trinajstić information content (AvgIpc) is 2.48. The first-order chi connectivity index (χ1) is 7.84. The van der Waals surface area contributed by atoms with E-state index in [1.807, 2.05) is 0 Å². The SMILES string of the molecule is CC1=C(P(C)C)c2ccccc2[CH]1[Sn]([CH3])([CH3])[CH3]. The molecule has 1 aliphatic carbocycles. The molecule has 2 rings (SSSR count). The molecule has 0 spiro atoms. The van der Waals surface area contributed by atoms with E-state index < -0.39 is 18.4 Å². The Labute approximate surface area is 111 Å². The fraction of sp³-hybridized carbons (Fsp3) is 0.467. The summed E-state index contributed by atoms with van der Waals surface area (Å²) in [7, 11) is 0.0119. The van der Waals surface area contributed by atoms with Crippen molar-refractivity contribution in [2.24, 2.45) is 0 Å². The number of fused-ring (bicyclic) bond motifs is 1. The van der Waals surface area contributed by atoms with Gasteiger partial charge in [-0.05, 0) is 0 Å². The van der Waals surface area contributed by atoms with Crippen LogP contribution in [-0.2, 0) is 0 Å². The zero-order chi connectivity index (χ0) is 12.8. The van der Waals surface area contributed by atoms with Crippen molar-refractivity contribution >= 4 is 31.6 Å². The van der Waals surface area contributed by atoms with Crippen LogP contribution >= 0.6 is 7.92 Å². The molecule has 0 N–H and O–H groups in total. The van der Waals surface area contributed by atoms with Crippen molar-refractivity contribution in [3.05, 3.63) is 41.0 Å². The van der Waals surface area contributed by atoms with Crippen molar-refractivity contribution in [1.82, 2.24) is 0 Å². The Morgan fingerprint density at radius 3 is 2.18 bits per heavy atom. The van der Waals surface area contributed by atoms with Crippen LogP contribution in [-0.4, -0.2) is 31.7 Å². The summed E-state index contributed by atoms with van der Waals surface area (Å²) >= 11 is -1.93. The molecule has 0 saturated heterocycles. The normalized spacial score (nSPS) is 20.1. The van der Waals surface area contributed by atoms with Crippen LogP contribution in [0.2, 0.25) is 14.8 Å². The van der Waals surface area contributed by atoms with E-state index >= 15 is 0 Å². The van der Waals surface area contributed by atoms with E-state index in [9.17, 15) is 0 Å². The summed E-state index contributed by atoms with van der Waals surface area (Å²) in [6, 6.07) is 9.13. The molecule has 0 fully saturated rings. The molecule has 1 unspecified atom stereocenters. The van der Waals surface area contributed by atoms with Crippen LogP contribution in [0.1, 0.15) is 22.0 Å². The molecule has 0 amide bonds. The second-order valence-electron chi connectivity index (χ2n) is 6.31. The molecule has 0 aliphatic heterocycles. The molecule has 17 heavy (non-hydrogen) atoms. The minimum absolute atomic E-state index is 0.0119. The summed E-state index contributed by atoms with van der Waals surface area (Å²) in [6.45, 7) is 7.18. The predicted octanol–water partition coefficient (Wildman–Crippen LogP) is 5.13. The second kappa shape index (κ2) is 4.70. The van der Waals surface area contributed by atoms with Gasteiger partial charge in [0, 0.05) is 0 Å². The first-order valence-corrected chi connectivity index (χ1v) is 18.8. The fourth-order valence-electron chi connectivity index (χ4n) is 3.26. The molecule has 0 radical (unpaired) electrons. The monoisotopic (exact) mass is 354 g/mol. The molecule has 0 heterocycles. The third kappa shape index (κ3) is 2.36. The van der Waals surface area contributed by atoms with Crippen LogP contribution in [0, 0.1) is 0 Å². The molecule has 1 atom stereocenters. The van der Waals surface area contributed by atoms with Crippen molar-refractivity contribution in [2.75, 3.05) is 13.3 Å². The number of hydrogen-bond donors (Lipinski definition) is 0. The summed E-state index contributed by atoms with van der Waals surface area (Å²) in [5, 5.41) is 1.69. The van der Waals surface area contributed by atoms with E-state index in [2.05, 4.69) is 59.3 Å². The van der Waals surface area contributed by atoms with Gasteiger partial charge < -0.3 is 0 Å². The molecule has 0 saturated carbocycles. The average molecular weight is 353 g/mol. The van der Waals surface area contributed by atoms with Gasteiger partial charge in [-0.3, -0.25) is 0 Å². The van der Waals surface area contributed by atoms with Gasteiger partial charge in [0.05, 0.1) is 0 Å². The van der Waals surface area contributed by atoms with Crippen LogP contribution in [0.5, 0.6) is 0 Å². The van der Waals surface area contributed by atoms with Gasteiger partial charge in [0.1, 0.15) is 0 Å². The Morgan fingerprint density at radius 2 is 1.65 bits per heavy atom. The van der Waals surface area contributed by atoms with Crippen molar-refractivity contribution in [1.29, 1.82) is 0 Å². The fourth-order valence-corrected chi connectivity index (χ4v) is 12.6. The summed E-state index contributed by atoms with van der Waals surface area (Å²) in [5.74, 6) is 0. The molecule has 0 bridgehead atoms. The van der Waals surface area contributed by atoms with Crippen LogP contribution in [0.15, 0.2) is 29.8 Å². The Kier molecular flexibility index (Phi) is 3.76. The number of allylic oxidation sites excluding steroid dienone is 1. The third-order valence-electron chi connectivity index (χ3n) is 3.65. The topological polar surface area (TPSA) is 0 Å². The molecule has 2 heteroatoms. The first kappa shape index (κ1) is 13.6. The van der Waals surface area contributed by atoms with E-state index in [0.29, 0.717) is 0 Å². The molecule has 1 aromatic carbocycles. The Bertz CT molecular complexity index is 466. The molecule has 92 valence electrons. The van der Waals surface area contributed by atoms with Gasteiger partial charge in [-0.25, -0.2) is 0 Å². The van der Waals surface area contributed by atoms with E-state index in [1.54, 1.807) is 22.0 Å². The molecule has 0 nitrogen and oxygen atoms in total. The first-order valence-electron chi connectivity index (χ1n) is 6.31. The number of benzene rings is 1. The molecule has 1 aliphatic rings. The van der Waals surface area contributed by atoms with E-state index in [1.165, 1.54) is 0 Å². The van der Waals surface area contributed by atoms with Gasteiger partial charge >= 0.3 is 112 Å². The molecular weight excluding hydrogens is 330 g/mol. The standard InChI is InChI=1S/C12H14P.3CH3.Sn/c1-9-8-10-6-4-5-7-11(10)12(9)13(2)3;;;;/h4-8H,1-3H3;3*1H3;. The van der Waals surface area contributed by atoms with Gasteiger partial charge in [0.15, 0.2) is 0 Å². The van der Waals surface area contributed by atoms with Gasteiger partial charge in [-0.2, -0.15) is 0 Å². The van der Waals surface area contributed by atoms with E-state index in [0.717, 1.165) is 3.93 Å². The Hall–Kier alpha value is 0.189. The van der Waals surface area contributed by atoms with Crippen LogP contribution in [0.3, 0.4) is 0 Å². The van der Waals surface area contributed by atoms with Gasteiger partial charge in [0.25, 0.3) is 0 Å². The van der Waals surface area contributed by atoms with Gasteiger partial charge in [-0.15, -0.1) is 0 Å². The Morgan fingerprint density at radius 1 is 1.06 bits per heavy atom. The minimum atomic E-state index is -1.93. The predicted molar refractivity (Wildman–Crippen MR) is 83.9 cm³/mol. The zero-order valence-corrected chi connectivity index (χ0v) is 15.6. The third-order valence-corrected chi connectivity index (χ3v) is 12.2. The summed E-state index contributed by atoms with van der Waals surface area (Å²) in [6.07, 6.45) is 0. The van der Waals surface area contributed by atoms with Gasteiger partial charge in [0.2, 0.25) is 0 Å². The van der Waals surface area contributed by atoms with E-state index in [4.69, 9.17) is 0 Å². The van der Waals surface area contributed by atoms with Crippen molar-refractivity contribution in [3.8, 4) is 0 Å². The quantitative estimate of drug-likeness (QED) is 0.511. The summed E-state index contributed by atoms with van der Waals surface area (Å²) in [5.41, 5.74) is 4.91. The van der Waals surface area contributed by atoms with Crippen molar-refractivity contribution in [3.63, 3.8) is 0 Å². The molecular formula is C15H23PSn. The maximum absolute atomic E-state index is 2.57. The second-order valence-corrected chi connectivity index (χ2v) is 23.7. The van der Waals surface area contributed by atoms with Crippen LogP contribution < -0.4 is 0 Å².